The van der Waals surface area contributed by atoms with Gasteiger partial charge in [0.1, 0.15) is 17.5 Å². The molecule has 5 aliphatic rings. The lowest BCUT2D eigenvalue weighted by Crippen LogP contribution is -2.52. The van der Waals surface area contributed by atoms with Crippen LogP contribution in [0.15, 0.2) is 84.9 Å². The number of imide groups is 1. The summed E-state index contributed by atoms with van der Waals surface area (Å²) in [6.07, 6.45) is 4.88. The molecule has 0 bridgehead atoms. The number of carbonyl (C=O) groups is 3. The molecule has 0 radical (unpaired) electrons. The molecule has 3 unspecified atom stereocenters. The number of rotatable bonds is 7. The summed E-state index contributed by atoms with van der Waals surface area (Å²) in [6.45, 7) is 7.52. The Morgan fingerprint density at radius 2 is 1.33 bits per heavy atom. The molecule has 3 atom stereocenters. The molecule has 3 fully saturated rings. The van der Waals surface area contributed by atoms with Crippen molar-refractivity contribution in [3.05, 3.63) is 118 Å². The molecule has 3 amide bonds. The quantitative estimate of drug-likeness (QED) is 0.205. The van der Waals surface area contributed by atoms with E-state index in [1.807, 2.05) is 24.3 Å². The number of amides is 3. The van der Waals surface area contributed by atoms with E-state index >= 15 is 0 Å². The van der Waals surface area contributed by atoms with Crippen molar-refractivity contribution in [2.45, 2.75) is 62.9 Å². The van der Waals surface area contributed by atoms with Gasteiger partial charge < -0.3 is 24.9 Å². The van der Waals surface area contributed by atoms with Gasteiger partial charge in [0.25, 0.3) is 5.91 Å². The first-order chi connectivity index (χ1) is 26.8. The number of nitrogens with zero attached hydrogens (tertiary/aromatic N) is 4. The van der Waals surface area contributed by atoms with Crippen molar-refractivity contribution in [1.29, 1.82) is 0 Å². The third-order valence-corrected chi connectivity index (χ3v) is 12.9. The SMILES string of the molecule is O=C1CCC(N2Cc3cc(N4CCN(CC5CCN(c6ccc(C7c8ccc(O)cc8CCC7c7ccc(O)cc7)cc6)CC5)CC4)ccc3C2=O)C(=O)N1. The summed E-state index contributed by atoms with van der Waals surface area (Å²) < 4.78 is 0. The molecule has 4 aromatic rings. The van der Waals surface area contributed by atoms with Gasteiger partial charge >= 0.3 is 0 Å². The van der Waals surface area contributed by atoms with Crippen LogP contribution in [0.25, 0.3) is 0 Å². The maximum Gasteiger partial charge on any atom is 0.255 e. The molecule has 4 aliphatic heterocycles. The Balaban J connectivity index is 0.783. The van der Waals surface area contributed by atoms with E-state index in [9.17, 15) is 24.6 Å². The van der Waals surface area contributed by atoms with Gasteiger partial charge in [-0.25, -0.2) is 0 Å². The van der Waals surface area contributed by atoms with Crippen molar-refractivity contribution >= 4 is 29.1 Å². The van der Waals surface area contributed by atoms with Crippen molar-refractivity contribution in [1.82, 2.24) is 15.1 Å². The summed E-state index contributed by atoms with van der Waals surface area (Å²) in [5.41, 5.74) is 9.02. The fraction of sp³-hybridized carbons (Fsp3) is 0.400. The summed E-state index contributed by atoms with van der Waals surface area (Å²) in [7, 11) is 0. The molecule has 0 spiro atoms. The van der Waals surface area contributed by atoms with Gasteiger partial charge in [0.15, 0.2) is 0 Å². The van der Waals surface area contributed by atoms with E-state index in [1.165, 1.54) is 40.8 Å². The van der Waals surface area contributed by atoms with Gasteiger partial charge in [0, 0.05) is 81.6 Å². The van der Waals surface area contributed by atoms with Crippen LogP contribution in [-0.4, -0.2) is 89.6 Å². The fourth-order valence-electron chi connectivity index (χ4n) is 9.88. The Hall–Kier alpha value is -5.35. The standard InChI is InChI=1S/C45H49N5O5/c51-36-9-3-30(4-10-36)38-12-5-32-26-37(52)11-14-39(32)43(38)31-1-6-34(7-2-31)48-19-17-29(18-20-48)27-47-21-23-49(24-22-47)35-8-13-40-33(25-35)28-50(45(40)55)41-15-16-42(53)46-44(41)54/h1-4,6-11,13-14,25-26,29,38,41,43,51-52H,5,12,15-24,27-28H2,(H,46,53,54). The summed E-state index contributed by atoms with van der Waals surface area (Å²) in [5, 5.41) is 22.6. The number of piperidine rings is 2. The number of piperazine rings is 1. The zero-order valence-corrected chi connectivity index (χ0v) is 31.2. The summed E-state index contributed by atoms with van der Waals surface area (Å²) in [4.78, 5) is 46.4. The molecule has 0 saturated carbocycles. The minimum absolute atomic E-state index is 0.128. The lowest BCUT2D eigenvalue weighted by molar-refractivity contribution is -0.136. The second-order valence-electron chi connectivity index (χ2n) is 16.1. The lowest BCUT2D eigenvalue weighted by Gasteiger charge is -2.40. The number of carbonyl (C=O) groups excluding carboxylic acids is 3. The van der Waals surface area contributed by atoms with Crippen LogP contribution in [-0.2, 0) is 22.6 Å². The highest BCUT2D eigenvalue weighted by atomic mass is 16.3. The Kier molecular flexibility index (Phi) is 9.46. The monoisotopic (exact) mass is 739 g/mol. The molecule has 3 N–H and O–H groups in total. The van der Waals surface area contributed by atoms with Crippen LogP contribution in [0.4, 0.5) is 11.4 Å². The summed E-state index contributed by atoms with van der Waals surface area (Å²) in [6, 6.07) is 28.1. The second kappa shape index (κ2) is 14.7. The molecular weight excluding hydrogens is 691 g/mol. The normalized spacial score (nSPS) is 23.5. The van der Waals surface area contributed by atoms with E-state index in [4.69, 9.17) is 0 Å². The van der Waals surface area contributed by atoms with Gasteiger partial charge in [-0.2, -0.15) is 0 Å². The second-order valence-corrected chi connectivity index (χ2v) is 16.1. The molecule has 4 aromatic carbocycles. The first-order valence-corrected chi connectivity index (χ1v) is 20.0. The number of phenols is 2. The first-order valence-electron chi connectivity index (χ1n) is 20.0. The highest BCUT2D eigenvalue weighted by Gasteiger charge is 2.39. The average molecular weight is 740 g/mol. The van der Waals surface area contributed by atoms with Crippen molar-refractivity contribution in [3.8, 4) is 11.5 Å². The van der Waals surface area contributed by atoms with Crippen molar-refractivity contribution in [2.24, 2.45) is 5.92 Å². The van der Waals surface area contributed by atoms with Crippen LogP contribution in [0.5, 0.6) is 11.5 Å². The number of nitrogens with one attached hydrogen (secondary N) is 1. The minimum Gasteiger partial charge on any atom is -0.508 e. The average Bonchev–Trinajstić information content (AvgIpc) is 3.53. The van der Waals surface area contributed by atoms with Crippen molar-refractivity contribution in [2.75, 3.05) is 55.6 Å². The van der Waals surface area contributed by atoms with E-state index in [0.29, 0.717) is 30.2 Å². The Labute approximate surface area is 322 Å². The number of hydrogen-bond donors (Lipinski definition) is 3. The zero-order chi connectivity index (χ0) is 37.6. The van der Waals surface area contributed by atoms with Crippen LogP contribution in [0, 0.1) is 5.92 Å². The molecule has 10 nitrogen and oxygen atoms in total. The molecule has 0 aromatic heterocycles. The third kappa shape index (κ3) is 7.04. The van der Waals surface area contributed by atoms with E-state index < -0.39 is 6.04 Å². The van der Waals surface area contributed by atoms with Crippen molar-refractivity contribution < 1.29 is 24.6 Å². The van der Waals surface area contributed by atoms with Gasteiger partial charge in [0.05, 0.1) is 0 Å². The fourth-order valence-corrected chi connectivity index (χ4v) is 9.88. The Morgan fingerprint density at radius 1 is 0.636 bits per heavy atom. The smallest absolute Gasteiger partial charge is 0.255 e. The van der Waals surface area contributed by atoms with Gasteiger partial charge in [-0.1, -0.05) is 30.3 Å². The maximum absolute atomic E-state index is 13.2. The number of aromatic hydroxyl groups is 2. The van der Waals surface area contributed by atoms with Gasteiger partial charge in [0.2, 0.25) is 11.8 Å². The number of fused-ring (bicyclic) bond motifs is 2. The number of phenolic OH excluding ortho intramolecular Hbond substituents is 2. The van der Waals surface area contributed by atoms with Gasteiger partial charge in [-0.3, -0.25) is 24.6 Å². The number of hydrogen-bond acceptors (Lipinski definition) is 8. The van der Waals surface area contributed by atoms with Crippen LogP contribution >= 0.6 is 0 Å². The van der Waals surface area contributed by atoms with Crippen LogP contribution in [0.1, 0.15) is 82.1 Å². The van der Waals surface area contributed by atoms with Crippen LogP contribution < -0.4 is 15.1 Å². The minimum atomic E-state index is -0.592. The largest absolute Gasteiger partial charge is 0.508 e. The molecule has 1 aliphatic carbocycles. The molecule has 10 heteroatoms. The van der Waals surface area contributed by atoms with Crippen molar-refractivity contribution in [3.63, 3.8) is 0 Å². The first kappa shape index (κ1) is 35.4. The molecular formula is C45H49N5O5. The highest BCUT2D eigenvalue weighted by Crippen LogP contribution is 2.47. The predicted molar refractivity (Wildman–Crippen MR) is 212 cm³/mol. The molecule has 55 heavy (non-hydrogen) atoms. The molecule has 4 heterocycles. The van der Waals surface area contributed by atoms with Gasteiger partial charge in [-0.15, -0.1) is 0 Å². The molecule has 284 valence electrons. The van der Waals surface area contributed by atoms with E-state index in [-0.39, 0.29) is 41.7 Å². The summed E-state index contributed by atoms with van der Waals surface area (Å²) >= 11 is 0. The maximum atomic E-state index is 13.2. The number of benzene rings is 4. The topological polar surface area (TPSA) is 117 Å². The molecule has 9 rings (SSSR count). The lowest BCUT2D eigenvalue weighted by atomic mass is 9.69. The van der Waals surface area contributed by atoms with Gasteiger partial charge in [-0.05, 0) is 126 Å². The predicted octanol–water partition coefficient (Wildman–Crippen LogP) is 5.76. The molecule has 3 saturated heterocycles. The van der Waals surface area contributed by atoms with E-state index in [0.717, 1.165) is 69.9 Å². The van der Waals surface area contributed by atoms with Crippen LogP contribution in [0.2, 0.25) is 0 Å². The van der Waals surface area contributed by atoms with E-state index in [1.54, 1.807) is 17.0 Å². The Bertz CT molecular complexity index is 2090. The van der Waals surface area contributed by atoms with E-state index in [2.05, 4.69) is 68.5 Å². The Morgan fingerprint density at radius 3 is 2.07 bits per heavy atom. The number of anilines is 2. The zero-order valence-electron chi connectivity index (χ0n) is 31.2. The van der Waals surface area contributed by atoms with Crippen LogP contribution in [0.3, 0.4) is 0 Å². The summed E-state index contributed by atoms with van der Waals surface area (Å²) in [5.74, 6) is 0.970. The third-order valence-electron chi connectivity index (χ3n) is 12.9. The highest BCUT2D eigenvalue weighted by molar-refractivity contribution is 6.05. The number of aryl methyl sites for hydroxylation is 1.